The standard InChI is InChI=1S/C19H24FNO3/c1-13-10-15(20)6-9-17(13)19(23)11-21(2)18(12-22)14-4-7-16(24-3)8-5-14/h4-10,18-19,22-23H,11-12H2,1-3H3. The van der Waals surface area contributed by atoms with Gasteiger partial charge in [-0.25, -0.2) is 4.39 Å². The minimum atomic E-state index is -0.761. The van der Waals surface area contributed by atoms with Crippen LogP contribution < -0.4 is 4.74 Å². The Hall–Kier alpha value is -1.95. The van der Waals surface area contributed by atoms with Crippen molar-refractivity contribution in [1.82, 2.24) is 4.90 Å². The van der Waals surface area contributed by atoms with E-state index >= 15 is 0 Å². The van der Waals surface area contributed by atoms with Crippen LogP contribution in [0.1, 0.15) is 28.8 Å². The number of benzene rings is 2. The molecule has 2 aromatic rings. The van der Waals surface area contributed by atoms with Gasteiger partial charge in [0.2, 0.25) is 0 Å². The Balaban J connectivity index is 2.11. The van der Waals surface area contributed by atoms with Crippen LogP contribution in [-0.4, -0.2) is 42.4 Å². The van der Waals surface area contributed by atoms with Crippen molar-refractivity contribution in [2.75, 3.05) is 27.3 Å². The van der Waals surface area contributed by atoms with Gasteiger partial charge in [0.1, 0.15) is 11.6 Å². The molecule has 24 heavy (non-hydrogen) atoms. The summed E-state index contributed by atoms with van der Waals surface area (Å²) >= 11 is 0. The summed E-state index contributed by atoms with van der Waals surface area (Å²) in [6, 6.07) is 11.6. The summed E-state index contributed by atoms with van der Waals surface area (Å²) < 4.78 is 18.3. The van der Waals surface area contributed by atoms with Crippen LogP contribution >= 0.6 is 0 Å². The van der Waals surface area contributed by atoms with E-state index in [-0.39, 0.29) is 18.5 Å². The van der Waals surface area contributed by atoms with Gasteiger partial charge in [-0.3, -0.25) is 4.90 Å². The van der Waals surface area contributed by atoms with E-state index in [9.17, 15) is 14.6 Å². The molecule has 2 unspecified atom stereocenters. The number of likely N-dealkylation sites (N-methyl/N-ethyl adjacent to an activating group) is 1. The molecule has 5 heteroatoms. The quantitative estimate of drug-likeness (QED) is 0.818. The zero-order valence-electron chi connectivity index (χ0n) is 14.2. The Bertz CT molecular complexity index is 660. The summed E-state index contributed by atoms with van der Waals surface area (Å²) in [6.45, 7) is 2.02. The first-order valence-corrected chi connectivity index (χ1v) is 7.85. The van der Waals surface area contributed by atoms with Gasteiger partial charge in [0.25, 0.3) is 0 Å². The van der Waals surface area contributed by atoms with Crippen molar-refractivity contribution in [2.45, 2.75) is 19.1 Å². The highest BCUT2D eigenvalue weighted by Crippen LogP contribution is 2.25. The summed E-state index contributed by atoms with van der Waals surface area (Å²) in [4.78, 5) is 1.88. The summed E-state index contributed by atoms with van der Waals surface area (Å²) in [7, 11) is 3.44. The van der Waals surface area contributed by atoms with E-state index in [0.717, 1.165) is 11.3 Å². The van der Waals surface area contributed by atoms with Crippen LogP contribution in [0.25, 0.3) is 0 Å². The summed E-state index contributed by atoms with van der Waals surface area (Å²) in [5, 5.41) is 20.2. The number of aliphatic hydroxyl groups excluding tert-OH is 2. The van der Waals surface area contributed by atoms with Crippen LogP contribution in [0.5, 0.6) is 5.75 Å². The van der Waals surface area contributed by atoms with Gasteiger partial charge in [-0.15, -0.1) is 0 Å². The maximum Gasteiger partial charge on any atom is 0.123 e. The lowest BCUT2D eigenvalue weighted by molar-refractivity contribution is 0.0792. The van der Waals surface area contributed by atoms with Crippen molar-refractivity contribution >= 4 is 0 Å². The SMILES string of the molecule is COc1ccc(C(CO)N(C)CC(O)c2ccc(F)cc2C)cc1. The second-order valence-electron chi connectivity index (χ2n) is 5.93. The fourth-order valence-corrected chi connectivity index (χ4v) is 2.84. The Labute approximate surface area is 142 Å². The number of ether oxygens (including phenoxy) is 1. The molecule has 0 aliphatic heterocycles. The van der Waals surface area contributed by atoms with Crippen LogP contribution in [0.2, 0.25) is 0 Å². The second kappa shape index (κ2) is 8.24. The molecule has 0 bridgehead atoms. The van der Waals surface area contributed by atoms with Gasteiger partial charge in [0.05, 0.1) is 25.9 Å². The zero-order valence-corrected chi connectivity index (χ0v) is 14.2. The maximum absolute atomic E-state index is 13.2. The van der Waals surface area contributed by atoms with E-state index in [1.807, 2.05) is 36.2 Å². The highest BCUT2D eigenvalue weighted by atomic mass is 19.1. The Morgan fingerprint density at radius 3 is 2.38 bits per heavy atom. The van der Waals surface area contributed by atoms with Crippen LogP contribution in [-0.2, 0) is 0 Å². The molecule has 0 aromatic heterocycles. The number of nitrogens with zero attached hydrogens (tertiary/aromatic N) is 1. The lowest BCUT2D eigenvalue weighted by atomic mass is 10.0. The van der Waals surface area contributed by atoms with E-state index in [1.165, 1.54) is 12.1 Å². The van der Waals surface area contributed by atoms with E-state index in [1.54, 1.807) is 20.1 Å². The van der Waals surface area contributed by atoms with Gasteiger partial charge < -0.3 is 14.9 Å². The van der Waals surface area contributed by atoms with Crippen molar-refractivity contribution in [2.24, 2.45) is 0 Å². The summed E-state index contributed by atoms with van der Waals surface area (Å²) in [6.07, 6.45) is -0.761. The largest absolute Gasteiger partial charge is 0.497 e. The van der Waals surface area contributed by atoms with Crippen LogP contribution in [0, 0.1) is 12.7 Å². The van der Waals surface area contributed by atoms with Crippen LogP contribution in [0.3, 0.4) is 0 Å². The average Bonchev–Trinajstić information content (AvgIpc) is 2.56. The fraction of sp³-hybridized carbons (Fsp3) is 0.368. The van der Waals surface area contributed by atoms with Gasteiger partial charge in [-0.2, -0.15) is 0 Å². The first-order chi connectivity index (χ1) is 11.5. The Morgan fingerprint density at radius 2 is 1.83 bits per heavy atom. The van der Waals surface area contributed by atoms with Gasteiger partial charge in [0.15, 0.2) is 0 Å². The van der Waals surface area contributed by atoms with Crippen molar-refractivity contribution in [3.8, 4) is 5.75 Å². The molecule has 0 amide bonds. The normalized spacial score (nSPS) is 13.8. The van der Waals surface area contributed by atoms with Gasteiger partial charge in [-0.1, -0.05) is 18.2 Å². The number of hydrogen-bond donors (Lipinski definition) is 2. The van der Waals surface area contributed by atoms with Crippen molar-refractivity contribution in [3.05, 3.63) is 65.0 Å². The first-order valence-electron chi connectivity index (χ1n) is 7.85. The number of hydrogen-bond acceptors (Lipinski definition) is 4. The van der Waals surface area contributed by atoms with Crippen molar-refractivity contribution < 1.29 is 19.3 Å². The molecule has 0 aliphatic carbocycles. The summed E-state index contributed by atoms with van der Waals surface area (Å²) in [5.74, 6) is 0.434. The lowest BCUT2D eigenvalue weighted by Crippen LogP contribution is -2.31. The number of aliphatic hydroxyl groups is 2. The average molecular weight is 333 g/mol. The Kier molecular flexibility index (Phi) is 6.31. The molecule has 0 saturated carbocycles. The van der Waals surface area contributed by atoms with E-state index in [0.29, 0.717) is 17.7 Å². The zero-order chi connectivity index (χ0) is 17.7. The highest BCUT2D eigenvalue weighted by molar-refractivity contribution is 5.30. The molecule has 2 atom stereocenters. The van der Waals surface area contributed by atoms with Crippen molar-refractivity contribution in [1.29, 1.82) is 0 Å². The number of aryl methyl sites for hydroxylation is 1. The van der Waals surface area contributed by atoms with Gasteiger partial charge in [-0.05, 0) is 54.9 Å². The van der Waals surface area contributed by atoms with E-state index < -0.39 is 6.10 Å². The molecular formula is C19H24FNO3. The molecule has 4 nitrogen and oxygen atoms in total. The summed E-state index contributed by atoms with van der Waals surface area (Å²) in [5.41, 5.74) is 2.33. The lowest BCUT2D eigenvalue weighted by Gasteiger charge is -2.29. The topological polar surface area (TPSA) is 52.9 Å². The van der Waals surface area contributed by atoms with Crippen LogP contribution in [0.4, 0.5) is 4.39 Å². The maximum atomic E-state index is 13.2. The monoisotopic (exact) mass is 333 g/mol. The molecule has 130 valence electrons. The molecule has 0 heterocycles. The molecule has 2 N–H and O–H groups in total. The predicted molar refractivity (Wildman–Crippen MR) is 91.5 cm³/mol. The van der Waals surface area contributed by atoms with Crippen molar-refractivity contribution in [3.63, 3.8) is 0 Å². The molecule has 0 spiro atoms. The molecular weight excluding hydrogens is 309 g/mol. The third-order valence-electron chi connectivity index (χ3n) is 4.26. The molecule has 0 saturated heterocycles. The number of halogens is 1. The minimum absolute atomic E-state index is 0.0715. The smallest absolute Gasteiger partial charge is 0.123 e. The Morgan fingerprint density at radius 1 is 1.17 bits per heavy atom. The fourth-order valence-electron chi connectivity index (χ4n) is 2.84. The van der Waals surface area contributed by atoms with E-state index in [2.05, 4.69) is 0 Å². The molecule has 2 rings (SSSR count). The molecule has 2 aromatic carbocycles. The third kappa shape index (κ3) is 4.32. The molecule has 0 aliphatic rings. The van der Waals surface area contributed by atoms with E-state index in [4.69, 9.17) is 4.74 Å². The van der Waals surface area contributed by atoms with Gasteiger partial charge >= 0.3 is 0 Å². The van der Waals surface area contributed by atoms with Crippen LogP contribution in [0.15, 0.2) is 42.5 Å². The highest BCUT2D eigenvalue weighted by Gasteiger charge is 2.20. The van der Waals surface area contributed by atoms with Gasteiger partial charge in [0, 0.05) is 6.54 Å². The third-order valence-corrected chi connectivity index (χ3v) is 4.26. The number of methoxy groups -OCH3 is 1. The number of rotatable bonds is 7. The molecule has 0 fully saturated rings. The second-order valence-corrected chi connectivity index (χ2v) is 5.93. The first kappa shape index (κ1) is 18.4. The predicted octanol–water partition coefficient (Wildman–Crippen LogP) is 2.84. The molecule has 0 radical (unpaired) electrons. The minimum Gasteiger partial charge on any atom is -0.497 e.